The first-order valence-corrected chi connectivity index (χ1v) is 10.2. The van der Waals surface area contributed by atoms with Crippen molar-refractivity contribution in [3.05, 3.63) is 59.7 Å². The molecule has 2 aromatic rings. The zero-order valence-electron chi connectivity index (χ0n) is 16.8. The lowest BCUT2D eigenvalue weighted by Crippen LogP contribution is -2.30. The van der Waals surface area contributed by atoms with Crippen molar-refractivity contribution in [1.82, 2.24) is 0 Å². The van der Waals surface area contributed by atoms with E-state index in [0.29, 0.717) is 17.0 Å². The summed E-state index contributed by atoms with van der Waals surface area (Å²) in [4.78, 5) is 39.3. The number of carbonyl (C=O) groups is 3. The fraction of sp³-hybridized carbons (Fsp3) is 0.375. The minimum atomic E-state index is -0.638. The third-order valence-corrected chi connectivity index (χ3v) is 5.95. The molecule has 1 heterocycles. The molecule has 1 aliphatic heterocycles. The van der Waals surface area contributed by atoms with Crippen LogP contribution in [-0.2, 0) is 9.59 Å². The van der Waals surface area contributed by atoms with Gasteiger partial charge in [-0.1, -0.05) is 42.7 Å². The Morgan fingerprint density at radius 1 is 0.931 bits per heavy atom. The van der Waals surface area contributed by atoms with Crippen molar-refractivity contribution in [3.8, 4) is 5.75 Å². The molecule has 2 fully saturated rings. The Kier molecular flexibility index (Phi) is 5.22. The van der Waals surface area contributed by atoms with Crippen LogP contribution < -0.4 is 9.64 Å². The molecule has 2 aliphatic rings. The van der Waals surface area contributed by atoms with Gasteiger partial charge in [-0.2, -0.15) is 0 Å². The molecule has 4 rings (SSSR count). The number of amides is 2. The van der Waals surface area contributed by atoms with Crippen molar-refractivity contribution in [2.45, 2.75) is 45.6 Å². The van der Waals surface area contributed by atoms with Gasteiger partial charge in [-0.25, -0.2) is 0 Å². The van der Waals surface area contributed by atoms with Crippen molar-refractivity contribution in [3.63, 3.8) is 0 Å². The number of anilines is 1. The zero-order chi connectivity index (χ0) is 20.5. The molecule has 0 aromatic heterocycles. The number of imide groups is 1. The molecule has 0 radical (unpaired) electrons. The Balaban J connectivity index is 1.45. The zero-order valence-corrected chi connectivity index (χ0v) is 16.8. The summed E-state index contributed by atoms with van der Waals surface area (Å²) in [6.45, 7) is 3.69. The van der Waals surface area contributed by atoms with Crippen LogP contribution in [0.5, 0.6) is 5.75 Å². The van der Waals surface area contributed by atoms with E-state index in [1.807, 2.05) is 19.1 Å². The van der Waals surface area contributed by atoms with Gasteiger partial charge in [0, 0.05) is 5.56 Å². The van der Waals surface area contributed by atoms with E-state index in [-0.39, 0.29) is 29.4 Å². The number of rotatable bonds is 5. The van der Waals surface area contributed by atoms with E-state index in [0.717, 1.165) is 31.2 Å². The van der Waals surface area contributed by atoms with E-state index in [1.165, 1.54) is 4.90 Å². The molecule has 3 atom stereocenters. The van der Waals surface area contributed by atoms with Gasteiger partial charge in [0.25, 0.3) is 0 Å². The van der Waals surface area contributed by atoms with Crippen LogP contribution in [0, 0.1) is 18.8 Å². The molecule has 2 amide bonds. The monoisotopic (exact) mass is 391 g/mol. The molecule has 0 unspecified atom stereocenters. The molecular weight excluding hydrogens is 366 g/mol. The lowest BCUT2D eigenvalue weighted by molar-refractivity contribution is -0.122. The fourth-order valence-electron chi connectivity index (χ4n) is 4.30. The average molecular weight is 391 g/mol. The molecule has 0 bridgehead atoms. The van der Waals surface area contributed by atoms with Crippen LogP contribution in [0.15, 0.2) is 48.5 Å². The summed E-state index contributed by atoms with van der Waals surface area (Å²) in [6.07, 6.45) is 2.97. The summed E-state index contributed by atoms with van der Waals surface area (Å²) in [5.74, 6) is -0.0764. The Morgan fingerprint density at radius 3 is 2.03 bits per heavy atom. The van der Waals surface area contributed by atoms with Crippen LogP contribution in [0.2, 0.25) is 0 Å². The summed E-state index contributed by atoms with van der Waals surface area (Å²) in [6, 6.07) is 14.2. The summed E-state index contributed by atoms with van der Waals surface area (Å²) in [7, 11) is 0. The van der Waals surface area contributed by atoms with E-state index >= 15 is 0 Å². The van der Waals surface area contributed by atoms with Crippen molar-refractivity contribution >= 4 is 23.3 Å². The number of hydrogen-bond donors (Lipinski definition) is 0. The fourth-order valence-corrected chi connectivity index (χ4v) is 4.30. The molecule has 0 spiro atoms. The smallest absolute Gasteiger partial charge is 0.237 e. The average Bonchev–Trinajstić information content (AvgIpc) is 2.99. The number of Topliss-reactive ketones (excluding diaryl/α,β-unsaturated/α-hetero) is 1. The predicted molar refractivity (Wildman–Crippen MR) is 110 cm³/mol. The van der Waals surface area contributed by atoms with E-state index in [9.17, 15) is 14.4 Å². The van der Waals surface area contributed by atoms with Crippen LogP contribution in [0.25, 0.3) is 0 Å². The summed E-state index contributed by atoms with van der Waals surface area (Å²) >= 11 is 0. The van der Waals surface area contributed by atoms with Crippen molar-refractivity contribution < 1.29 is 19.1 Å². The molecular formula is C24H25NO4. The highest BCUT2D eigenvalue weighted by Gasteiger charge is 2.48. The minimum absolute atomic E-state index is 0.0868. The number of fused-ring (bicyclic) bond motifs is 1. The van der Waals surface area contributed by atoms with Gasteiger partial charge in [0.2, 0.25) is 17.6 Å². The van der Waals surface area contributed by atoms with Gasteiger partial charge in [0.1, 0.15) is 5.75 Å². The highest BCUT2D eigenvalue weighted by molar-refractivity contribution is 6.22. The molecule has 0 N–H and O–H groups in total. The van der Waals surface area contributed by atoms with Gasteiger partial charge in [-0.15, -0.1) is 0 Å². The number of hydrogen-bond acceptors (Lipinski definition) is 4. The predicted octanol–water partition coefficient (Wildman–Crippen LogP) is 4.32. The summed E-state index contributed by atoms with van der Waals surface area (Å²) in [5, 5.41) is 0. The first-order valence-electron chi connectivity index (χ1n) is 10.2. The number of benzene rings is 2. The Bertz CT molecular complexity index is 908. The number of carbonyl (C=O) groups excluding carboxylic acids is 3. The third kappa shape index (κ3) is 3.69. The second-order valence-electron chi connectivity index (χ2n) is 7.99. The van der Waals surface area contributed by atoms with Crippen molar-refractivity contribution in [2.75, 3.05) is 4.90 Å². The maximum absolute atomic E-state index is 12.7. The summed E-state index contributed by atoms with van der Waals surface area (Å²) in [5.41, 5.74) is 2.27. The van der Waals surface area contributed by atoms with Gasteiger partial charge >= 0.3 is 0 Å². The Hall–Kier alpha value is -2.95. The molecule has 29 heavy (non-hydrogen) atoms. The number of nitrogens with zero attached hydrogens (tertiary/aromatic N) is 1. The van der Waals surface area contributed by atoms with Gasteiger partial charge in [0.15, 0.2) is 6.10 Å². The topological polar surface area (TPSA) is 63.7 Å². The van der Waals surface area contributed by atoms with Crippen LogP contribution in [0.3, 0.4) is 0 Å². The van der Waals surface area contributed by atoms with Crippen LogP contribution in [0.1, 0.15) is 48.5 Å². The molecule has 1 aliphatic carbocycles. The first-order chi connectivity index (χ1) is 14.0. The molecule has 2 aromatic carbocycles. The quantitative estimate of drug-likeness (QED) is 0.562. The first kappa shape index (κ1) is 19.4. The molecule has 150 valence electrons. The number of ether oxygens (including phenoxy) is 1. The van der Waals surface area contributed by atoms with Crippen molar-refractivity contribution in [2.24, 2.45) is 11.8 Å². The maximum Gasteiger partial charge on any atom is 0.237 e. The largest absolute Gasteiger partial charge is 0.483 e. The maximum atomic E-state index is 12.7. The summed E-state index contributed by atoms with van der Waals surface area (Å²) < 4.78 is 5.79. The standard InChI is InChI=1S/C24H25NO4/c1-15-7-9-17(10-8-15)22(26)16(2)29-19-13-11-18(12-14-19)25-23(27)20-5-3-4-6-21(20)24(25)28/h7-14,16,20-21H,3-6H2,1-2H3/t16-,20+,21+/m0/s1. The highest BCUT2D eigenvalue weighted by Crippen LogP contribution is 2.40. The normalized spacial score (nSPS) is 22.3. The van der Waals surface area contributed by atoms with E-state index in [2.05, 4.69) is 0 Å². The van der Waals surface area contributed by atoms with E-state index in [4.69, 9.17) is 4.74 Å². The van der Waals surface area contributed by atoms with Gasteiger partial charge in [-0.05, 0) is 51.0 Å². The Labute approximate surface area is 170 Å². The lowest BCUT2D eigenvalue weighted by atomic mass is 9.81. The lowest BCUT2D eigenvalue weighted by Gasteiger charge is -2.19. The number of aryl methyl sites for hydroxylation is 1. The van der Waals surface area contributed by atoms with Crippen LogP contribution in [0.4, 0.5) is 5.69 Å². The van der Waals surface area contributed by atoms with E-state index < -0.39 is 6.10 Å². The van der Waals surface area contributed by atoms with Gasteiger partial charge < -0.3 is 4.74 Å². The second kappa shape index (κ2) is 7.82. The Morgan fingerprint density at radius 2 is 1.48 bits per heavy atom. The molecule has 5 heteroatoms. The van der Waals surface area contributed by atoms with Gasteiger partial charge in [-0.3, -0.25) is 19.3 Å². The molecule has 1 saturated carbocycles. The molecule has 1 saturated heterocycles. The van der Waals surface area contributed by atoms with Crippen LogP contribution in [-0.4, -0.2) is 23.7 Å². The third-order valence-electron chi connectivity index (χ3n) is 5.95. The molecule has 5 nitrogen and oxygen atoms in total. The highest BCUT2D eigenvalue weighted by atomic mass is 16.5. The number of ketones is 1. The van der Waals surface area contributed by atoms with Crippen LogP contribution >= 0.6 is 0 Å². The second-order valence-corrected chi connectivity index (χ2v) is 7.99. The van der Waals surface area contributed by atoms with Gasteiger partial charge in [0.05, 0.1) is 17.5 Å². The minimum Gasteiger partial charge on any atom is -0.483 e. The van der Waals surface area contributed by atoms with E-state index in [1.54, 1.807) is 43.3 Å². The van der Waals surface area contributed by atoms with Crippen molar-refractivity contribution in [1.29, 1.82) is 0 Å². The SMILES string of the molecule is Cc1ccc(C(=O)[C@H](C)Oc2ccc(N3C(=O)[C@@H]4CCCC[C@H]4C3=O)cc2)cc1.